The van der Waals surface area contributed by atoms with Crippen LogP contribution in [0.25, 0.3) is 11.0 Å². The van der Waals surface area contributed by atoms with Crippen LogP contribution in [0.15, 0.2) is 40.8 Å². The lowest BCUT2D eigenvalue weighted by atomic mass is 10.0. The van der Waals surface area contributed by atoms with Gasteiger partial charge in [0.15, 0.2) is 5.76 Å². The molecule has 0 bridgehead atoms. The first-order chi connectivity index (χ1) is 10.6. The number of hydrogen-bond acceptors (Lipinski definition) is 3. The number of rotatable bonds is 2. The summed E-state index contributed by atoms with van der Waals surface area (Å²) in [6, 6.07) is 9.52. The first-order valence-corrected chi connectivity index (χ1v) is 7.27. The van der Waals surface area contributed by atoms with E-state index < -0.39 is 11.6 Å². The molecule has 1 aliphatic carbocycles. The Hall–Kier alpha value is -2.62. The molecule has 2 aromatic carbocycles. The molecule has 0 saturated carbocycles. The number of anilines is 1. The van der Waals surface area contributed by atoms with E-state index in [1.165, 1.54) is 29.3 Å². The van der Waals surface area contributed by atoms with Gasteiger partial charge in [-0.05, 0) is 54.7 Å². The molecule has 1 heterocycles. The maximum Gasteiger partial charge on any atom is 0.230 e. The Labute approximate surface area is 126 Å². The zero-order chi connectivity index (χ0) is 15.3. The van der Waals surface area contributed by atoms with Crippen molar-refractivity contribution in [1.29, 1.82) is 0 Å². The van der Waals surface area contributed by atoms with Crippen LogP contribution in [0, 0.1) is 5.82 Å². The maximum atomic E-state index is 13.3. The summed E-state index contributed by atoms with van der Waals surface area (Å²) in [4.78, 5) is 12.5. The highest BCUT2D eigenvalue weighted by Gasteiger charge is 2.22. The van der Waals surface area contributed by atoms with Gasteiger partial charge in [0.1, 0.15) is 11.4 Å². The van der Waals surface area contributed by atoms with Crippen LogP contribution in [0.4, 0.5) is 10.1 Å². The summed E-state index contributed by atoms with van der Waals surface area (Å²) in [5.74, 6) is -0.767. The molecule has 4 rings (SSSR count). The molecule has 0 spiro atoms. The predicted octanol–water partition coefficient (Wildman–Crippen LogP) is 3.87. The lowest BCUT2D eigenvalue weighted by Gasteiger charge is -1.99. The molecule has 0 amide bonds. The van der Waals surface area contributed by atoms with Crippen LogP contribution in [0.3, 0.4) is 0 Å². The highest BCUT2D eigenvalue weighted by atomic mass is 19.1. The van der Waals surface area contributed by atoms with Gasteiger partial charge in [-0.1, -0.05) is 12.1 Å². The van der Waals surface area contributed by atoms with Crippen LogP contribution >= 0.6 is 0 Å². The van der Waals surface area contributed by atoms with E-state index in [-0.39, 0.29) is 11.3 Å². The van der Waals surface area contributed by atoms with Crippen molar-refractivity contribution in [2.75, 3.05) is 5.73 Å². The van der Waals surface area contributed by atoms with Crippen molar-refractivity contribution >= 4 is 22.4 Å². The van der Waals surface area contributed by atoms with Crippen LogP contribution in [0.1, 0.15) is 33.7 Å². The molecule has 1 aromatic heterocycles. The standard InChI is InChI=1S/C18H14FNO2/c19-13-6-2-5-12(7-13)17(21)18-16(20)14-8-10-3-1-4-11(10)9-15(14)22-18/h2,5-9H,1,3-4,20H2. The van der Waals surface area contributed by atoms with Gasteiger partial charge in [-0.2, -0.15) is 0 Å². The molecule has 0 aliphatic heterocycles. The Morgan fingerprint density at radius 3 is 2.68 bits per heavy atom. The summed E-state index contributed by atoms with van der Waals surface area (Å²) in [7, 11) is 0. The fourth-order valence-electron chi connectivity index (χ4n) is 3.11. The van der Waals surface area contributed by atoms with E-state index in [9.17, 15) is 9.18 Å². The SMILES string of the molecule is Nc1c(C(=O)c2cccc(F)c2)oc2cc3c(cc12)CCC3. The van der Waals surface area contributed by atoms with Crippen LogP contribution in [0.2, 0.25) is 0 Å². The molecule has 3 nitrogen and oxygen atoms in total. The second kappa shape index (κ2) is 4.70. The molecular weight excluding hydrogens is 281 g/mol. The molecule has 1 aliphatic rings. The van der Waals surface area contributed by atoms with Gasteiger partial charge in [0.25, 0.3) is 0 Å². The molecule has 2 N–H and O–H groups in total. The van der Waals surface area contributed by atoms with Gasteiger partial charge in [0.2, 0.25) is 5.78 Å². The first kappa shape index (κ1) is 13.1. The summed E-state index contributed by atoms with van der Waals surface area (Å²) in [5, 5.41) is 0.764. The lowest BCUT2D eigenvalue weighted by molar-refractivity contribution is 0.101. The van der Waals surface area contributed by atoms with Gasteiger partial charge in [-0.25, -0.2) is 4.39 Å². The maximum absolute atomic E-state index is 13.3. The molecule has 110 valence electrons. The van der Waals surface area contributed by atoms with E-state index in [1.807, 2.05) is 12.1 Å². The predicted molar refractivity (Wildman–Crippen MR) is 82.5 cm³/mol. The number of nitrogens with two attached hydrogens (primary N) is 1. The van der Waals surface area contributed by atoms with E-state index >= 15 is 0 Å². The van der Waals surface area contributed by atoms with E-state index in [0.29, 0.717) is 11.3 Å². The fourth-order valence-corrected chi connectivity index (χ4v) is 3.11. The van der Waals surface area contributed by atoms with E-state index in [2.05, 4.69) is 0 Å². The van der Waals surface area contributed by atoms with E-state index in [4.69, 9.17) is 10.2 Å². The van der Waals surface area contributed by atoms with Crippen molar-refractivity contribution < 1.29 is 13.6 Å². The summed E-state index contributed by atoms with van der Waals surface area (Å²) < 4.78 is 19.0. The molecule has 22 heavy (non-hydrogen) atoms. The quantitative estimate of drug-likeness (QED) is 0.730. The lowest BCUT2D eigenvalue weighted by Crippen LogP contribution is -2.03. The molecule has 0 unspecified atom stereocenters. The molecule has 0 radical (unpaired) electrons. The summed E-state index contributed by atoms with van der Waals surface area (Å²) >= 11 is 0. The van der Waals surface area contributed by atoms with E-state index in [1.54, 1.807) is 6.07 Å². The number of ketones is 1. The molecule has 3 aromatic rings. The van der Waals surface area contributed by atoms with Crippen LogP contribution < -0.4 is 5.73 Å². The minimum atomic E-state index is -0.459. The number of halogens is 1. The zero-order valence-electron chi connectivity index (χ0n) is 11.9. The summed E-state index contributed by atoms with van der Waals surface area (Å²) in [6.45, 7) is 0. The zero-order valence-corrected chi connectivity index (χ0v) is 11.9. The van der Waals surface area contributed by atoms with Gasteiger partial charge in [0, 0.05) is 10.9 Å². The molecule has 4 heteroatoms. The summed E-state index contributed by atoms with van der Waals surface area (Å²) in [6.07, 6.45) is 3.19. The molecular formula is C18H14FNO2. The molecule has 0 fully saturated rings. The van der Waals surface area contributed by atoms with Gasteiger partial charge in [0.05, 0.1) is 5.69 Å². The first-order valence-electron chi connectivity index (χ1n) is 7.27. The number of fused-ring (bicyclic) bond motifs is 2. The smallest absolute Gasteiger partial charge is 0.230 e. The number of furan rings is 1. The van der Waals surface area contributed by atoms with Gasteiger partial charge >= 0.3 is 0 Å². The Morgan fingerprint density at radius 1 is 1.14 bits per heavy atom. The number of aryl methyl sites for hydroxylation is 2. The van der Waals surface area contributed by atoms with Crippen LogP contribution in [0.5, 0.6) is 0 Å². The minimum Gasteiger partial charge on any atom is -0.450 e. The van der Waals surface area contributed by atoms with Crippen molar-refractivity contribution in [3.63, 3.8) is 0 Å². The topological polar surface area (TPSA) is 56.2 Å². The van der Waals surface area contributed by atoms with Crippen molar-refractivity contribution in [1.82, 2.24) is 0 Å². The van der Waals surface area contributed by atoms with Crippen molar-refractivity contribution in [2.45, 2.75) is 19.3 Å². The Bertz CT molecular complexity index is 911. The number of carbonyl (C=O) groups excluding carboxylic acids is 1. The Morgan fingerprint density at radius 2 is 1.91 bits per heavy atom. The highest BCUT2D eigenvalue weighted by Crippen LogP contribution is 2.35. The second-order valence-corrected chi connectivity index (χ2v) is 5.65. The average Bonchev–Trinajstić information content (AvgIpc) is 3.09. The largest absolute Gasteiger partial charge is 0.450 e. The minimum absolute atomic E-state index is 0.0873. The Kier molecular flexibility index (Phi) is 2.79. The van der Waals surface area contributed by atoms with Gasteiger partial charge < -0.3 is 10.2 Å². The van der Waals surface area contributed by atoms with Gasteiger partial charge in [-0.15, -0.1) is 0 Å². The molecule has 0 atom stereocenters. The number of carbonyl (C=O) groups is 1. The second-order valence-electron chi connectivity index (χ2n) is 5.65. The normalized spacial score (nSPS) is 13.5. The van der Waals surface area contributed by atoms with Crippen molar-refractivity contribution in [3.8, 4) is 0 Å². The number of hydrogen-bond donors (Lipinski definition) is 1. The van der Waals surface area contributed by atoms with Crippen LogP contribution in [-0.2, 0) is 12.8 Å². The van der Waals surface area contributed by atoms with Crippen LogP contribution in [-0.4, -0.2) is 5.78 Å². The Balaban J connectivity index is 1.85. The molecule has 0 saturated heterocycles. The number of benzene rings is 2. The van der Waals surface area contributed by atoms with E-state index in [0.717, 1.165) is 24.6 Å². The number of nitrogen functional groups attached to an aromatic ring is 1. The third kappa shape index (κ3) is 1.91. The highest BCUT2D eigenvalue weighted by molar-refractivity contribution is 6.14. The monoisotopic (exact) mass is 295 g/mol. The van der Waals surface area contributed by atoms with Crippen molar-refractivity contribution in [3.05, 3.63) is 64.7 Å². The van der Waals surface area contributed by atoms with Crippen molar-refractivity contribution in [2.24, 2.45) is 0 Å². The van der Waals surface area contributed by atoms with Gasteiger partial charge in [-0.3, -0.25) is 4.79 Å². The average molecular weight is 295 g/mol. The fraction of sp³-hybridized carbons (Fsp3) is 0.167. The third-order valence-corrected chi connectivity index (χ3v) is 4.23. The summed E-state index contributed by atoms with van der Waals surface area (Å²) in [5.41, 5.74) is 9.81. The third-order valence-electron chi connectivity index (χ3n) is 4.23.